The molecule has 1 N–H and O–H groups in total. The van der Waals surface area contributed by atoms with Gasteiger partial charge in [-0.2, -0.15) is 8.42 Å². The number of hydrogen-bond acceptors (Lipinski definition) is 4. The molecule has 0 aromatic rings. The minimum Gasteiger partial charge on any atom is -0.351 e. The van der Waals surface area contributed by atoms with Gasteiger partial charge in [0.1, 0.15) is 0 Å². The molecule has 5 nitrogen and oxygen atoms in total. The summed E-state index contributed by atoms with van der Waals surface area (Å²) in [6, 6.07) is 0. The van der Waals surface area contributed by atoms with Crippen molar-refractivity contribution in [2.75, 3.05) is 12.3 Å². The van der Waals surface area contributed by atoms with Gasteiger partial charge in [0.15, 0.2) is 0 Å². The molecule has 0 atom stereocenters. The van der Waals surface area contributed by atoms with Crippen LogP contribution in [0.5, 0.6) is 0 Å². The third kappa shape index (κ3) is 4.76. The van der Waals surface area contributed by atoms with E-state index in [1.54, 1.807) is 0 Å². The van der Waals surface area contributed by atoms with Gasteiger partial charge in [0.2, 0.25) is 5.91 Å². The van der Waals surface area contributed by atoms with E-state index in [1.807, 2.05) is 0 Å². The van der Waals surface area contributed by atoms with Crippen LogP contribution in [-0.4, -0.2) is 32.7 Å². The van der Waals surface area contributed by atoms with Crippen molar-refractivity contribution in [3.8, 4) is 0 Å². The highest BCUT2D eigenvalue weighted by Crippen LogP contribution is 2.22. The van der Waals surface area contributed by atoms with Crippen LogP contribution < -0.4 is 5.32 Å². The van der Waals surface area contributed by atoms with E-state index in [-0.39, 0.29) is 24.3 Å². The van der Waals surface area contributed by atoms with E-state index in [0.29, 0.717) is 0 Å². The van der Waals surface area contributed by atoms with Crippen LogP contribution >= 0.6 is 0 Å². The van der Waals surface area contributed by atoms with E-state index < -0.39 is 10.1 Å². The van der Waals surface area contributed by atoms with Crippen molar-refractivity contribution in [3.05, 3.63) is 12.7 Å². The molecular weight excluding hydrogens is 230 g/mol. The lowest BCUT2D eigenvalue weighted by Crippen LogP contribution is -2.29. The molecule has 0 aliphatic heterocycles. The van der Waals surface area contributed by atoms with Gasteiger partial charge >= 0.3 is 0 Å². The van der Waals surface area contributed by atoms with E-state index in [1.165, 1.54) is 0 Å². The van der Waals surface area contributed by atoms with Gasteiger partial charge in [-0.3, -0.25) is 8.98 Å². The van der Waals surface area contributed by atoms with Gasteiger partial charge in [-0.25, -0.2) is 0 Å². The maximum Gasteiger partial charge on any atom is 0.269 e. The van der Waals surface area contributed by atoms with Crippen molar-refractivity contribution in [3.63, 3.8) is 0 Å². The van der Waals surface area contributed by atoms with Gasteiger partial charge in [0.05, 0.1) is 11.9 Å². The molecule has 1 rings (SSSR count). The van der Waals surface area contributed by atoms with Gasteiger partial charge in [-0.05, 0) is 18.9 Å². The zero-order valence-corrected chi connectivity index (χ0v) is 9.96. The first-order valence-corrected chi connectivity index (χ1v) is 6.92. The lowest BCUT2D eigenvalue weighted by atomic mass is 10.3. The standard InChI is InChI=1S/C10H17NO4S/c1-2-10(12)11-7-8-16(13,14)15-9-5-3-4-6-9/h2,9H,1,3-8H2,(H,11,12). The zero-order chi connectivity index (χ0) is 12.0. The topological polar surface area (TPSA) is 72.5 Å². The molecule has 0 aromatic heterocycles. The summed E-state index contributed by atoms with van der Waals surface area (Å²) in [5, 5.41) is 2.40. The van der Waals surface area contributed by atoms with Gasteiger partial charge < -0.3 is 5.32 Å². The van der Waals surface area contributed by atoms with Crippen LogP contribution in [0.3, 0.4) is 0 Å². The Morgan fingerprint density at radius 3 is 2.62 bits per heavy atom. The molecule has 6 heteroatoms. The van der Waals surface area contributed by atoms with Gasteiger partial charge in [-0.15, -0.1) is 0 Å². The van der Waals surface area contributed by atoms with Crippen molar-refractivity contribution in [1.82, 2.24) is 5.32 Å². The summed E-state index contributed by atoms with van der Waals surface area (Å²) in [7, 11) is -3.52. The van der Waals surface area contributed by atoms with Crippen LogP contribution in [0.1, 0.15) is 25.7 Å². The average Bonchev–Trinajstić information content (AvgIpc) is 2.69. The lowest BCUT2D eigenvalue weighted by Gasteiger charge is -2.11. The second-order valence-corrected chi connectivity index (χ2v) is 5.48. The molecule has 1 aliphatic rings. The fourth-order valence-electron chi connectivity index (χ4n) is 1.61. The molecule has 0 bridgehead atoms. The van der Waals surface area contributed by atoms with Gasteiger partial charge in [0.25, 0.3) is 10.1 Å². The second-order valence-electron chi connectivity index (χ2n) is 3.76. The van der Waals surface area contributed by atoms with Crippen LogP contribution in [0.2, 0.25) is 0 Å². The van der Waals surface area contributed by atoms with Crippen LogP contribution in [0.25, 0.3) is 0 Å². The summed E-state index contributed by atoms with van der Waals surface area (Å²) in [4.78, 5) is 10.8. The molecule has 0 aromatic carbocycles. The Hall–Kier alpha value is -0.880. The van der Waals surface area contributed by atoms with Crippen LogP contribution in [-0.2, 0) is 19.1 Å². The van der Waals surface area contributed by atoms with E-state index in [2.05, 4.69) is 11.9 Å². The predicted molar refractivity (Wildman–Crippen MR) is 60.3 cm³/mol. The summed E-state index contributed by atoms with van der Waals surface area (Å²) >= 11 is 0. The SMILES string of the molecule is C=CC(=O)NCCS(=O)(=O)OC1CCCC1. The maximum atomic E-state index is 11.5. The van der Waals surface area contributed by atoms with Crippen LogP contribution in [0, 0.1) is 0 Å². The third-order valence-corrected chi connectivity index (χ3v) is 3.69. The van der Waals surface area contributed by atoms with E-state index >= 15 is 0 Å². The number of hydrogen-bond donors (Lipinski definition) is 1. The number of amides is 1. The van der Waals surface area contributed by atoms with Crippen molar-refractivity contribution < 1.29 is 17.4 Å². The van der Waals surface area contributed by atoms with E-state index in [4.69, 9.17) is 4.18 Å². The Labute approximate surface area is 96.0 Å². The number of carbonyl (C=O) groups is 1. The maximum absolute atomic E-state index is 11.5. The van der Waals surface area contributed by atoms with Crippen molar-refractivity contribution in [1.29, 1.82) is 0 Å². The Kier molecular flexibility index (Phi) is 4.95. The lowest BCUT2D eigenvalue weighted by molar-refractivity contribution is -0.116. The molecule has 0 radical (unpaired) electrons. The summed E-state index contributed by atoms with van der Waals surface area (Å²) in [6.45, 7) is 3.32. The quantitative estimate of drug-likeness (QED) is 0.550. The summed E-state index contributed by atoms with van der Waals surface area (Å²) in [6.07, 6.45) is 4.59. The number of rotatable bonds is 6. The second kappa shape index (κ2) is 6.00. The molecule has 0 spiro atoms. The molecule has 0 heterocycles. The van der Waals surface area contributed by atoms with Gasteiger partial charge in [-0.1, -0.05) is 19.4 Å². The van der Waals surface area contributed by atoms with Crippen molar-refractivity contribution in [2.45, 2.75) is 31.8 Å². The fraction of sp³-hybridized carbons (Fsp3) is 0.700. The number of nitrogens with one attached hydrogen (secondary N) is 1. The smallest absolute Gasteiger partial charge is 0.269 e. The molecule has 0 unspecified atom stereocenters. The normalized spacial score (nSPS) is 17.2. The predicted octanol–water partition coefficient (Wildman–Crippen LogP) is 0.578. The van der Waals surface area contributed by atoms with E-state index in [0.717, 1.165) is 31.8 Å². The zero-order valence-electron chi connectivity index (χ0n) is 9.15. The van der Waals surface area contributed by atoms with Crippen LogP contribution in [0.15, 0.2) is 12.7 Å². The van der Waals surface area contributed by atoms with Crippen LogP contribution in [0.4, 0.5) is 0 Å². The summed E-state index contributed by atoms with van der Waals surface area (Å²) in [5.74, 6) is -0.570. The highest BCUT2D eigenvalue weighted by atomic mass is 32.2. The molecule has 1 amide bonds. The van der Waals surface area contributed by atoms with Gasteiger partial charge in [0, 0.05) is 6.54 Å². The molecule has 0 saturated heterocycles. The minimum absolute atomic E-state index is 0.0555. The first kappa shape index (κ1) is 13.2. The molecule has 16 heavy (non-hydrogen) atoms. The highest BCUT2D eigenvalue weighted by Gasteiger charge is 2.22. The van der Waals surface area contributed by atoms with E-state index in [9.17, 15) is 13.2 Å². The first-order valence-electron chi connectivity index (χ1n) is 5.35. The van der Waals surface area contributed by atoms with Crippen molar-refractivity contribution in [2.24, 2.45) is 0 Å². The average molecular weight is 247 g/mol. The molecule has 1 saturated carbocycles. The Morgan fingerprint density at radius 2 is 2.06 bits per heavy atom. The summed E-state index contributed by atoms with van der Waals surface area (Å²) < 4.78 is 27.9. The Balaban J connectivity index is 2.28. The first-order chi connectivity index (χ1) is 7.53. The molecule has 1 fully saturated rings. The summed E-state index contributed by atoms with van der Waals surface area (Å²) in [5.41, 5.74) is 0. The third-order valence-electron chi connectivity index (χ3n) is 2.42. The molecule has 92 valence electrons. The Morgan fingerprint density at radius 1 is 1.44 bits per heavy atom. The molecule has 1 aliphatic carbocycles. The molecular formula is C10H17NO4S. The highest BCUT2D eigenvalue weighted by molar-refractivity contribution is 7.86. The Bertz CT molecular complexity index is 344. The monoisotopic (exact) mass is 247 g/mol. The number of carbonyl (C=O) groups excluding carboxylic acids is 1. The van der Waals surface area contributed by atoms with Crippen molar-refractivity contribution >= 4 is 16.0 Å². The fourth-order valence-corrected chi connectivity index (χ4v) is 2.67. The minimum atomic E-state index is -3.52. The largest absolute Gasteiger partial charge is 0.351 e.